The van der Waals surface area contributed by atoms with Gasteiger partial charge in [-0.1, -0.05) is 18.2 Å². The second-order valence-electron chi connectivity index (χ2n) is 4.85. The predicted octanol–water partition coefficient (Wildman–Crippen LogP) is 3.28. The van der Waals surface area contributed by atoms with Gasteiger partial charge in [-0.05, 0) is 55.2 Å². The average molecular weight is 241 g/mol. The zero-order chi connectivity index (χ0) is 13.1. The lowest BCUT2D eigenvalue weighted by Crippen LogP contribution is -2.06. The van der Waals surface area contributed by atoms with E-state index in [4.69, 9.17) is 0 Å². The van der Waals surface area contributed by atoms with Crippen molar-refractivity contribution < 1.29 is 5.11 Å². The Morgan fingerprint density at radius 2 is 1.78 bits per heavy atom. The summed E-state index contributed by atoms with van der Waals surface area (Å²) in [6.07, 6.45) is 1.83. The zero-order valence-electron chi connectivity index (χ0n) is 11.1. The maximum Gasteiger partial charge on any atom is 0.1000 e. The molecular formula is C16H19NO. The first-order valence-corrected chi connectivity index (χ1v) is 6.23. The Bertz CT molecular complexity index is 528. The van der Waals surface area contributed by atoms with Crippen molar-refractivity contribution in [3.05, 3.63) is 64.5 Å². The lowest BCUT2D eigenvalue weighted by molar-refractivity contribution is 0.173. The SMILES string of the molecule is Cc1ccnc(C(O)Cc2c(C)cccc2C)c1. The third kappa shape index (κ3) is 2.77. The standard InChI is InChI=1S/C16H19NO/c1-11-7-8-17-15(9-11)16(18)10-14-12(2)5-4-6-13(14)3/h4-9,16,18H,10H2,1-3H3. The normalized spacial score (nSPS) is 12.4. The van der Waals surface area contributed by atoms with Crippen molar-refractivity contribution in [2.45, 2.75) is 33.3 Å². The van der Waals surface area contributed by atoms with Crippen molar-refractivity contribution in [3.8, 4) is 0 Å². The molecule has 94 valence electrons. The molecule has 2 nitrogen and oxygen atoms in total. The van der Waals surface area contributed by atoms with Gasteiger partial charge in [0.05, 0.1) is 11.8 Å². The Morgan fingerprint density at radius 3 is 2.39 bits per heavy atom. The summed E-state index contributed by atoms with van der Waals surface area (Å²) in [6, 6.07) is 10.1. The highest BCUT2D eigenvalue weighted by Crippen LogP contribution is 2.22. The van der Waals surface area contributed by atoms with Crippen LogP contribution in [0.2, 0.25) is 0 Å². The molecule has 0 spiro atoms. The minimum atomic E-state index is -0.537. The summed E-state index contributed by atoms with van der Waals surface area (Å²) < 4.78 is 0. The van der Waals surface area contributed by atoms with Gasteiger partial charge in [0.25, 0.3) is 0 Å². The molecule has 2 aromatic rings. The predicted molar refractivity (Wildman–Crippen MR) is 73.6 cm³/mol. The molecule has 1 aromatic carbocycles. The van der Waals surface area contributed by atoms with Gasteiger partial charge in [0.2, 0.25) is 0 Å². The quantitative estimate of drug-likeness (QED) is 0.894. The molecule has 1 atom stereocenters. The van der Waals surface area contributed by atoms with E-state index in [2.05, 4.69) is 31.0 Å². The number of hydrogen-bond donors (Lipinski definition) is 1. The number of aromatic nitrogens is 1. The van der Waals surface area contributed by atoms with Crippen molar-refractivity contribution in [3.63, 3.8) is 0 Å². The lowest BCUT2D eigenvalue weighted by Gasteiger charge is -2.14. The number of rotatable bonds is 3. The highest BCUT2D eigenvalue weighted by Gasteiger charge is 2.13. The van der Waals surface area contributed by atoms with E-state index in [0.29, 0.717) is 6.42 Å². The molecule has 0 aliphatic carbocycles. The third-order valence-electron chi connectivity index (χ3n) is 3.32. The number of hydrogen-bond acceptors (Lipinski definition) is 2. The summed E-state index contributed by atoms with van der Waals surface area (Å²) in [4.78, 5) is 4.24. The topological polar surface area (TPSA) is 33.1 Å². The number of benzene rings is 1. The number of nitrogens with zero attached hydrogens (tertiary/aromatic N) is 1. The van der Waals surface area contributed by atoms with Crippen molar-refractivity contribution in [1.82, 2.24) is 4.98 Å². The van der Waals surface area contributed by atoms with Crippen LogP contribution in [0.15, 0.2) is 36.5 Å². The number of aliphatic hydroxyl groups excluding tert-OH is 1. The Morgan fingerprint density at radius 1 is 1.11 bits per heavy atom. The molecule has 1 aromatic heterocycles. The van der Waals surface area contributed by atoms with Crippen LogP contribution in [-0.4, -0.2) is 10.1 Å². The van der Waals surface area contributed by atoms with Crippen LogP contribution >= 0.6 is 0 Å². The second-order valence-corrected chi connectivity index (χ2v) is 4.85. The molecule has 2 rings (SSSR count). The van der Waals surface area contributed by atoms with E-state index in [1.54, 1.807) is 6.20 Å². The molecule has 0 saturated heterocycles. The number of aliphatic hydroxyl groups is 1. The molecule has 0 bridgehead atoms. The van der Waals surface area contributed by atoms with Crippen LogP contribution in [0.25, 0.3) is 0 Å². The molecule has 1 N–H and O–H groups in total. The van der Waals surface area contributed by atoms with Crippen molar-refractivity contribution >= 4 is 0 Å². The molecule has 1 unspecified atom stereocenters. The second kappa shape index (κ2) is 5.32. The Kier molecular flexibility index (Phi) is 3.78. The van der Waals surface area contributed by atoms with E-state index in [0.717, 1.165) is 11.3 Å². The fourth-order valence-corrected chi connectivity index (χ4v) is 2.21. The zero-order valence-corrected chi connectivity index (χ0v) is 11.1. The molecule has 1 heterocycles. The monoisotopic (exact) mass is 241 g/mol. The molecule has 0 aliphatic heterocycles. The summed E-state index contributed by atoms with van der Waals surface area (Å²) in [6.45, 7) is 6.17. The fraction of sp³-hybridized carbons (Fsp3) is 0.312. The van der Waals surface area contributed by atoms with Gasteiger partial charge in [0.15, 0.2) is 0 Å². The van der Waals surface area contributed by atoms with Gasteiger partial charge >= 0.3 is 0 Å². The molecule has 0 fully saturated rings. The van der Waals surface area contributed by atoms with E-state index >= 15 is 0 Å². The summed E-state index contributed by atoms with van der Waals surface area (Å²) in [5, 5.41) is 10.3. The van der Waals surface area contributed by atoms with Crippen LogP contribution in [0, 0.1) is 20.8 Å². The van der Waals surface area contributed by atoms with E-state index in [1.807, 2.05) is 25.1 Å². The first-order valence-electron chi connectivity index (χ1n) is 6.23. The molecule has 0 radical (unpaired) electrons. The van der Waals surface area contributed by atoms with Crippen LogP contribution in [0.3, 0.4) is 0 Å². The number of pyridine rings is 1. The van der Waals surface area contributed by atoms with Crippen LogP contribution < -0.4 is 0 Å². The van der Waals surface area contributed by atoms with Gasteiger partial charge in [-0.2, -0.15) is 0 Å². The first-order chi connectivity index (χ1) is 8.58. The van der Waals surface area contributed by atoms with Gasteiger partial charge in [-0.3, -0.25) is 4.98 Å². The average Bonchev–Trinajstić information content (AvgIpc) is 2.34. The van der Waals surface area contributed by atoms with Gasteiger partial charge in [0, 0.05) is 12.6 Å². The van der Waals surface area contributed by atoms with Crippen LogP contribution in [-0.2, 0) is 6.42 Å². The molecule has 0 saturated carbocycles. The van der Waals surface area contributed by atoms with Gasteiger partial charge < -0.3 is 5.11 Å². The molecule has 18 heavy (non-hydrogen) atoms. The largest absolute Gasteiger partial charge is 0.386 e. The van der Waals surface area contributed by atoms with E-state index in [9.17, 15) is 5.11 Å². The van der Waals surface area contributed by atoms with E-state index in [-0.39, 0.29) is 0 Å². The Labute approximate surface area is 108 Å². The maximum absolute atomic E-state index is 10.3. The van der Waals surface area contributed by atoms with Gasteiger partial charge in [-0.25, -0.2) is 0 Å². The van der Waals surface area contributed by atoms with Gasteiger partial charge in [-0.15, -0.1) is 0 Å². The highest BCUT2D eigenvalue weighted by atomic mass is 16.3. The van der Waals surface area contributed by atoms with Crippen molar-refractivity contribution in [1.29, 1.82) is 0 Å². The fourth-order valence-electron chi connectivity index (χ4n) is 2.21. The maximum atomic E-state index is 10.3. The molecule has 0 amide bonds. The summed E-state index contributed by atoms with van der Waals surface area (Å²) in [5.41, 5.74) is 5.54. The van der Waals surface area contributed by atoms with Crippen LogP contribution in [0.4, 0.5) is 0 Å². The third-order valence-corrected chi connectivity index (χ3v) is 3.32. The Hall–Kier alpha value is -1.67. The smallest absolute Gasteiger partial charge is 0.1000 e. The molecule has 0 aliphatic rings. The first kappa shape index (κ1) is 12.8. The summed E-state index contributed by atoms with van der Waals surface area (Å²) in [5.74, 6) is 0. The van der Waals surface area contributed by atoms with Crippen molar-refractivity contribution in [2.24, 2.45) is 0 Å². The van der Waals surface area contributed by atoms with Crippen LogP contribution in [0.5, 0.6) is 0 Å². The summed E-state index contributed by atoms with van der Waals surface area (Å²) >= 11 is 0. The van der Waals surface area contributed by atoms with E-state index < -0.39 is 6.10 Å². The summed E-state index contributed by atoms with van der Waals surface area (Å²) in [7, 11) is 0. The van der Waals surface area contributed by atoms with Crippen molar-refractivity contribution in [2.75, 3.05) is 0 Å². The Balaban J connectivity index is 2.24. The van der Waals surface area contributed by atoms with Gasteiger partial charge in [0.1, 0.15) is 0 Å². The van der Waals surface area contributed by atoms with E-state index in [1.165, 1.54) is 16.7 Å². The number of aryl methyl sites for hydroxylation is 3. The van der Waals surface area contributed by atoms with Crippen LogP contribution in [0.1, 0.15) is 34.1 Å². The molecule has 2 heteroatoms. The molecular weight excluding hydrogens is 222 g/mol. The minimum absolute atomic E-state index is 0.537. The minimum Gasteiger partial charge on any atom is -0.386 e. The lowest BCUT2D eigenvalue weighted by atomic mass is 9.96. The highest BCUT2D eigenvalue weighted by molar-refractivity contribution is 5.34.